The molecule has 49 heavy (non-hydrogen) atoms. The maximum Gasteiger partial charge on any atom is 0.573 e. The third-order valence-corrected chi connectivity index (χ3v) is 9.04. The van der Waals surface area contributed by atoms with Crippen LogP contribution in [0.4, 0.5) is 29.3 Å². The molecule has 14 nitrogen and oxygen atoms in total. The van der Waals surface area contributed by atoms with Crippen LogP contribution >= 0.6 is 0 Å². The lowest BCUT2D eigenvalue weighted by Gasteiger charge is -2.50. The summed E-state index contributed by atoms with van der Waals surface area (Å²) in [6, 6.07) is 4.00. The molecule has 0 saturated carbocycles. The SMILES string of the molecule is CN(C)c1cc(CNC(=O)Nc2ccc(OC(F)(F)F)cc2)c(O)c2c1CC1CC3[C@H](N(C)C)C(O)=C(C(N)=O)C(=O)[C@@]3(O)C(O)=C1C2=O. The predicted octanol–water partition coefficient (Wildman–Crippen LogP) is 2.41. The van der Waals surface area contributed by atoms with Crippen molar-refractivity contribution in [3.8, 4) is 11.5 Å². The van der Waals surface area contributed by atoms with E-state index in [1.54, 1.807) is 25.1 Å². The second-order valence-corrected chi connectivity index (χ2v) is 12.5. The van der Waals surface area contributed by atoms with Gasteiger partial charge in [0.2, 0.25) is 5.78 Å². The fourth-order valence-electron chi connectivity index (χ4n) is 6.98. The number of ketones is 2. The van der Waals surface area contributed by atoms with Crippen molar-refractivity contribution >= 4 is 34.9 Å². The second-order valence-electron chi connectivity index (χ2n) is 12.5. The summed E-state index contributed by atoms with van der Waals surface area (Å²) in [7, 11) is 6.45. The van der Waals surface area contributed by atoms with Crippen LogP contribution in [0.1, 0.15) is 27.9 Å². The number of hydrogen-bond acceptors (Lipinski definition) is 11. The number of aliphatic hydroxyl groups is 3. The van der Waals surface area contributed by atoms with Crippen molar-refractivity contribution < 1.29 is 57.5 Å². The first-order valence-electron chi connectivity index (χ1n) is 14.9. The molecule has 17 heteroatoms. The molecule has 3 amide bonds. The molecule has 0 bridgehead atoms. The number of primary amides is 1. The number of aromatic hydroxyl groups is 1. The average molecular weight is 690 g/mol. The number of likely N-dealkylation sites (N-methyl/N-ethyl adjacent to an activating group) is 1. The number of Topliss-reactive ketones (excluding diaryl/α,β-unsaturated/α-hetero) is 2. The number of ether oxygens (including phenoxy) is 1. The monoisotopic (exact) mass is 689 g/mol. The number of phenols is 1. The number of nitrogens with zero attached hydrogens (tertiary/aromatic N) is 2. The van der Waals surface area contributed by atoms with Gasteiger partial charge in [-0.05, 0) is 68.8 Å². The molecular weight excluding hydrogens is 655 g/mol. The highest BCUT2D eigenvalue weighted by Gasteiger charge is 2.63. The van der Waals surface area contributed by atoms with E-state index in [1.165, 1.54) is 31.1 Å². The molecule has 0 fully saturated rings. The van der Waals surface area contributed by atoms with Crippen LogP contribution in [0, 0.1) is 11.8 Å². The standard InChI is InChI=1S/C32H34F3N5O9/c1-39(2)19-11-14(12-37-30(47)38-15-5-7-16(8-6-15)49-32(33,34)35)24(41)21-17(19)9-13-10-18-23(40(3)4)26(43)22(29(36)46)28(45)31(18,48)27(44)20(13)25(21)42/h5-8,11,13,18,23,41,43-44,48H,9-10,12H2,1-4H3,(H2,36,46)(H2,37,38,47)/t13?,18?,23-,31-/m0/s1. The van der Waals surface area contributed by atoms with Crippen molar-refractivity contribution in [2.24, 2.45) is 17.6 Å². The number of aliphatic hydroxyl groups excluding tert-OH is 2. The Morgan fingerprint density at radius 3 is 2.27 bits per heavy atom. The van der Waals surface area contributed by atoms with Crippen LogP contribution in [0.5, 0.6) is 11.5 Å². The molecule has 2 aromatic rings. The molecule has 262 valence electrons. The topological polar surface area (TPSA) is 215 Å². The van der Waals surface area contributed by atoms with Crippen LogP contribution in [-0.4, -0.2) is 95.0 Å². The number of phenolic OH excluding ortho intramolecular Hbond substituents is 1. The Morgan fingerprint density at radius 2 is 1.71 bits per heavy atom. The number of amides is 3. The Labute approximate surface area is 277 Å². The first-order valence-corrected chi connectivity index (χ1v) is 14.9. The molecule has 3 aliphatic rings. The number of rotatable bonds is 7. The average Bonchev–Trinajstić information content (AvgIpc) is 2.98. The van der Waals surface area contributed by atoms with Crippen molar-refractivity contribution in [2.45, 2.75) is 37.4 Å². The van der Waals surface area contributed by atoms with Crippen molar-refractivity contribution in [3.05, 3.63) is 69.7 Å². The summed E-state index contributed by atoms with van der Waals surface area (Å²) in [6.07, 6.45) is -4.90. The summed E-state index contributed by atoms with van der Waals surface area (Å²) >= 11 is 0. The molecule has 0 aliphatic heterocycles. The number of carbonyl (C=O) groups excluding carboxylic acids is 4. The van der Waals surface area contributed by atoms with Gasteiger partial charge in [0.1, 0.15) is 28.6 Å². The number of halogens is 3. The van der Waals surface area contributed by atoms with E-state index in [9.17, 15) is 52.8 Å². The van der Waals surface area contributed by atoms with Gasteiger partial charge in [0, 0.05) is 49.1 Å². The highest BCUT2D eigenvalue weighted by atomic mass is 19.4. The fourth-order valence-corrected chi connectivity index (χ4v) is 6.98. The van der Waals surface area contributed by atoms with Crippen molar-refractivity contribution in [3.63, 3.8) is 0 Å². The van der Waals surface area contributed by atoms with E-state index < -0.39 is 81.9 Å². The van der Waals surface area contributed by atoms with E-state index in [0.29, 0.717) is 11.3 Å². The molecule has 2 aromatic carbocycles. The van der Waals surface area contributed by atoms with Gasteiger partial charge in [-0.1, -0.05) is 0 Å². The van der Waals surface area contributed by atoms with E-state index in [0.717, 1.165) is 12.1 Å². The van der Waals surface area contributed by atoms with Gasteiger partial charge in [-0.25, -0.2) is 4.79 Å². The van der Waals surface area contributed by atoms with Gasteiger partial charge < -0.3 is 46.4 Å². The number of fused-ring (bicyclic) bond motifs is 3. The number of benzene rings is 2. The van der Waals surface area contributed by atoms with E-state index in [1.807, 2.05) is 0 Å². The minimum absolute atomic E-state index is 0.0673. The van der Waals surface area contributed by atoms with E-state index >= 15 is 0 Å². The molecule has 5 rings (SSSR count). The van der Waals surface area contributed by atoms with Crippen LogP contribution in [0.2, 0.25) is 0 Å². The summed E-state index contributed by atoms with van der Waals surface area (Å²) in [5.74, 6) is -8.23. The number of alkyl halides is 3. The molecule has 0 aromatic heterocycles. The Kier molecular flexibility index (Phi) is 8.80. The molecule has 0 saturated heterocycles. The number of nitrogens with one attached hydrogen (secondary N) is 2. The summed E-state index contributed by atoms with van der Waals surface area (Å²) in [5.41, 5.74) is 2.20. The lowest BCUT2D eigenvalue weighted by molar-refractivity contribution is -0.274. The van der Waals surface area contributed by atoms with Crippen LogP contribution < -0.4 is 26.0 Å². The first kappa shape index (κ1) is 35.0. The summed E-state index contributed by atoms with van der Waals surface area (Å²) < 4.78 is 41.1. The maximum absolute atomic E-state index is 14.2. The van der Waals surface area contributed by atoms with E-state index in [-0.39, 0.29) is 41.8 Å². The highest BCUT2D eigenvalue weighted by molar-refractivity contribution is 6.25. The van der Waals surface area contributed by atoms with Crippen molar-refractivity contribution in [1.82, 2.24) is 10.2 Å². The third-order valence-electron chi connectivity index (χ3n) is 9.04. The number of allylic oxidation sites excluding steroid dienone is 1. The van der Waals surface area contributed by atoms with Gasteiger partial charge >= 0.3 is 12.4 Å². The van der Waals surface area contributed by atoms with Gasteiger partial charge in [0.15, 0.2) is 11.4 Å². The lowest BCUT2D eigenvalue weighted by Crippen LogP contribution is -2.63. The normalized spacial score (nSPS) is 23.5. The smallest absolute Gasteiger partial charge is 0.510 e. The molecule has 0 radical (unpaired) electrons. The molecule has 8 N–H and O–H groups in total. The van der Waals surface area contributed by atoms with E-state index in [4.69, 9.17) is 5.73 Å². The van der Waals surface area contributed by atoms with Gasteiger partial charge in [0.25, 0.3) is 5.91 Å². The van der Waals surface area contributed by atoms with E-state index in [2.05, 4.69) is 15.4 Å². The molecule has 3 aliphatic carbocycles. The summed E-state index contributed by atoms with van der Waals surface area (Å²) in [6.45, 7) is -0.330. The molecule has 2 unspecified atom stereocenters. The van der Waals surface area contributed by atoms with Crippen molar-refractivity contribution in [1.29, 1.82) is 0 Å². The lowest BCUT2D eigenvalue weighted by atomic mass is 9.58. The van der Waals surface area contributed by atoms with Crippen LogP contribution in [0.15, 0.2) is 53.0 Å². The number of hydrogen-bond donors (Lipinski definition) is 7. The predicted molar refractivity (Wildman–Crippen MR) is 167 cm³/mol. The maximum atomic E-state index is 14.2. The van der Waals surface area contributed by atoms with Gasteiger partial charge in [0.05, 0.1) is 11.6 Å². The molecular formula is C32H34F3N5O9. The van der Waals surface area contributed by atoms with Crippen LogP contribution in [0.3, 0.4) is 0 Å². The minimum Gasteiger partial charge on any atom is -0.510 e. The molecule has 0 heterocycles. The summed E-state index contributed by atoms with van der Waals surface area (Å²) in [4.78, 5) is 55.6. The quantitative estimate of drug-likeness (QED) is 0.210. The Balaban J connectivity index is 1.48. The Morgan fingerprint density at radius 1 is 1.08 bits per heavy atom. The molecule has 4 atom stereocenters. The fraction of sp³-hybridized carbons (Fsp3) is 0.375. The number of anilines is 2. The zero-order valence-corrected chi connectivity index (χ0v) is 26.7. The third kappa shape index (κ3) is 5.99. The summed E-state index contributed by atoms with van der Waals surface area (Å²) in [5, 5.41) is 50.6. The zero-order valence-electron chi connectivity index (χ0n) is 26.7. The molecule has 0 spiro atoms. The van der Waals surface area contributed by atoms with Crippen LogP contribution in [-0.2, 0) is 22.6 Å². The highest BCUT2D eigenvalue weighted by Crippen LogP contribution is 2.53. The van der Waals surface area contributed by atoms with Gasteiger partial charge in [-0.3, -0.25) is 19.3 Å². The first-order chi connectivity index (χ1) is 22.8. The number of carbonyl (C=O) groups is 4. The van der Waals surface area contributed by atoms with Gasteiger partial charge in [-0.2, -0.15) is 0 Å². The Bertz CT molecular complexity index is 1820. The Hall–Kier alpha value is -5.29. The number of urea groups is 1. The minimum atomic E-state index is -4.89. The van der Waals surface area contributed by atoms with Crippen LogP contribution in [0.25, 0.3) is 0 Å². The largest absolute Gasteiger partial charge is 0.573 e. The number of nitrogens with two attached hydrogens (primary N) is 1. The van der Waals surface area contributed by atoms with Gasteiger partial charge in [-0.15, -0.1) is 13.2 Å². The zero-order chi connectivity index (χ0) is 36.3. The van der Waals surface area contributed by atoms with Crippen molar-refractivity contribution in [2.75, 3.05) is 38.4 Å². The second kappa shape index (κ2) is 12.3.